The molecule has 2 atom stereocenters. The Morgan fingerprint density at radius 3 is 2.67 bits per heavy atom. The molecule has 0 spiro atoms. The number of rotatable bonds is 2. The molecule has 2 saturated heterocycles. The van der Waals surface area contributed by atoms with E-state index >= 15 is 0 Å². The predicted octanol–water partition coefficient (Wildman–Crippen LogP) is -0.913. The van der Waals surface area contributed by atoms with Crippen LogP contribution in [0.5, 0.6) is 0 Å². The first kappa shape index (κ1) is 11.3. The van der Waals surface area contributed by atoms with Gasteiger partial charge in [0.1, 0.15) is 0 Å². The van der Waals surface area contributed by atoms with E-state index in [1.165, 1.54) is 6.26 Å². The van der Waals surface area contributed by atoms with Gasteiger partial charge in [-0.2, -0.15) is 4.31 Å². The van der Waals surface area contributed by atoms with Crippen LogP contribution in [0.3, 0.4) is 0 Å². The summed E-state index contributed by atoms with van der Waals surface area (Å²) in [6.45, 7) is 2.10. The molecule has 0 aromatic heterocycles. The number of fused-ring (bicyclic) bond motifs is 1. The van der Waals surface area contributed by atoms with E-state index in [1.807, 2.05) is 0 Å². The first-order valence-electron chi connectivity index (χ1n) is 5.34. The Balaban J connectivity index is 2.04. The van der Waals surface area contributed by atoms with Gasteiger partial charge in [-0.3, -0.25) is 4.90 Å². The van der Waals surface area contributed by atoms with Crippen LogP contribution in [0.2, 0.25) is 0 Å². The molecule has 0 aromatic rings. The van der Waals surface area contributed by atoms with Crippen LogP contribution in [0.25, 0.3) is 0 Å². The highest BCUT2D eigenvalue weighted by Gasteiger charge is 2.38. The lowest BCUT2D eigenvalue weighted by molar-refractivity contribution is 0.0872. The first-order valence-corrected chi connectivity index (χ1v) is 7.19. The van der Waals surface area contributed by atoms with E-state index in [0.717, 1.165) is 19.4 Å². The Hall–Kier alpha value is -0.170. The van der Waals surface area contributed by atoms with Crippen molar-refractivity contribution in [2.45, 2.75) is 24.9 Å². The molecule has 0 amide bonds. The molecule has 6 heteroatoms. The summed E-state index contributed by atoms with van der Waals surface area (Å²) >= 11 is 0. The third kappa shape index (κ3) is 2.18. The highest BCUT2D eigenvalue weighted by Crippen LogP contribution is 2.27. The zero-order valence-corrected chi connectivity index (χ0v) is 9.78. The van der Waals surface area contributed by atoms with E-state index in [4.69, 9.17) is 5.11 Å². The highest BCUT2D eigenvalue weighted by atomic mass is 32.2. The number of aliphatic hydroxyl groups excluding tert-OH is 1. The summed E-state index contributed by atoms with van der Waals surface area (Å²) in [6.07, 6.45) is 3.25. The van der Waals surface area contributed by atoms with Crippen molar-refractivity contribution in [2.75, 3.05) is 32.5 Å². The van der Waals surface area contributed by atoms with E-state index < -0.39 is 10.0 Å². The number of sulfonamides is 1. The average molecular weight is 234 g/mol. The predicted molar refractivity (Wildman–Crippen MR) is 57.0 cm³/mol. The number of nitrogens with zero attached hydrogens (tertiary/aromatic N) is 2. The van der Waals surface area contributed by atoms with Crippen molar-refractivity contribution in [3.05, 3.63) is 0 Å². The first-order chi connectivity index (χ1) is 7.02. The van der Waals surface area contributed by atoms with E-state index in [9.17, 15) is 8.42 Å². The topological polar surface area (TPSA) is 60.9 Å². The van der Waals surface area contributed by atoms with E-state index in [1.54, 1.807) is 4.31 Å². The zero-order valence-electron chi connectivity index (χ0n) is 8.96. The molecule has 0 radical (unpaired) electrons. The van der Waals surface area contributed by atoms with E-state index in [2.05, 4.69) is 4.90 Å². The maximum atomic E-state index is 11.4. The molecule has 2 aliphatic rings. The Labute approximate surface area is 90.7 Å². The molecule has 0 aromatic carbocycles. The number of piperazine rings is 1. The summed E-state index contributed by atoms with van der Waals surface area (Å²) in [4.78, 5) is 2.25. The van der Waals surface area contributed by atoms with Crippen molar-refractivity contribution in [1.82, 2.24) is 9.21 Å². The molecular formula is C9H18N2O3S. The van der Waals surface area contributed by atoms with Crippen molar-refractivity contribution in [3.8, 4) is 0 Å². The molecule has 0 aliphatic carbocycles. The molecule has 2 rings (SSSR count). The van der Waals surface area contributed by atoms with Crippen LogP contribution in [0.4, 0.5) is 0 Å². The van der Waals surface area contributed by atoms with Crippen LogP contribution in [0, 0.1) is 0 Å². The molecule has 5 nitrogen and oxygen atoms in total. The van der Waals surface area contributed by atoms with Crippen molar-refractivity contribution < 1.29 is 13.5 Å². The van der Waals surface area contributed by atoms with Gasteiger partial charge in [-0.1, -0.05) is 0 Å². The summed E-state index contributed by atoms with van der Waals surface area (Å²) in [5.74, 6) is 0. The molecule has 0 bridgehead atoms. The van der Waals surface area contributed by atoms with E-state index in [-0.39, 0.29) is 12.6 Å². The lowest BCUT2D eigenvalue weighted by Crippen LogP contribution is -2.54. The molecule has 2 aliphatic heterocycles. The second kappa shape index (κ2) is 4.01. The van der Waals surface area contributed by atoms with Gasteiger partial charge < -0.3 is 5.11 Å². The lowest BCUT2D eigenvalue weighted by Gasteiger charge is -2.38. The monoisotopic (exact) mass is 234 g/mol. The standard InChI is InChI=1S/C9H18N2O3S/c1-15(13,14)10-4-5-11-8(6-10)2-3-9(11)7-12/h8-9,12H,2-7H2,1H3/t8-,9-/m1/s1. The Kier molecular flexibility index (Phi) is 3.03. The van der Waals surface area contributed by atoms with Crippen molar-refractivity contribution >= 4 is 10.0 Å². The fraction of sp³-hybridized carbons (Fsp3) is 1.00. The van der Waals surface area contributed by atoms with Crippen LogP contribution in [0.15, 0.2) is 0 Å². The largest absolute Gasteiger partial charge is 0.395 e. The minimum atomic E-state index is -3.04. The molecule has 0 unspecified atom stereocenters. The lowest BCUT2D eigenvalue weighted by atomic mass is 10.2. The van der Waals surface area contributed by atoms with Crippen molar-refractivity contribution in [1.29, 1.82) is 0 Å². The molecule has 15 heavy (non-hydrogen) atoms. The molecule has 1 N–H and O–H groups in total. The van der Waals surface area contributed by atoms with Gasteiger partial charge in [-0.25, -0.2) is 8.42 Å². The number of aliphatic hydroxyl groups is 1. The maximum absolute atomic E-state index is 11.4. The minimum absolute atomic E-state index is 0.190. The van der Waals surface area contributed by atoms with Crippen molar-refractivity contribution in [3.63, 3.8) is 0 Å². The average Bonchev–Trinajstić information content (AvgIpc) is 2.58. The third-order valence-corrected chi connectivity index (χ3v) is 4.74. The zero-order chi connectivity index (χ0) is 11.1. The Morgan fingerprint density at radius 1 is 1.33 bits per heavy atom. The second-order valence-corrected chi connectivity index (χ2v) is 6.41. The van der Waals surface area contributed by atoms with Crippen LogP contribution in [0.1, 0.15) is 12.8 Å². The van der Waals surface area contributed by atoms with E-state index in [0.29, 0.717) is 19.1 Å². The third-order valence-electron chi connectivity index (χ3n) is 3.47. The maximum Gasteiger partial charge on any atom is 0.211 e. The number of hydrogen-bond acceptors (Lipinski definition) is 4. The second-order valence-electron chi connectivity index (χ2n) is 4.43. The van der Waals surface area contributed by atoms with Gasteiger partial charge in [0.2, 0.25) is 10.0 Å². The molecular weight excluding hydrogens is 216 g/mol. The van der Waals surface area contributed by atoms with Gasteiger partial charge >= 0.3 is 0 Å². The van der Waals surface area contributed by atoms with Crippen molar-refractivity contribution in [2.24, 2.45) is 0 Å². The van der Waals surface area contributed by atoms with Crippen LogP contribution >= 0.6 is 0 Å². The van der Waals surface area contributed by atoms with Gasteiger partial charge in [-0.05, 0) is 12.8 Å². The smallest absolute Gasteiger partial charge is 0.211 e. The summed E-state index contributed by atoms with van der Waals surface area (Å²) in [5.41, 5.74) is 0. The highest BCUT2D eigenvalue weighted by molar-refractivity contribution is 7.88. The summed E-state index contributed by atoms with van der Waals surface area (Å²) in [7, 11) is -3.04. The quantitative estimate of drug-likeness (QED) is 0.672. The van der Waals surface area contributed by atoms with Gasteiger partial charge in [0, 0.05) is 31.7 Å². The van der Waals surface area contributed by atoms with Gasteiger partial charge in [0.05, 0.1) is 12.9 Å². The molecule has 0 saturated carbocycles. The normalized spacial score (nSPS) is 34.3. The summed E-state index contributed by atoms with van der Waals surface area (Å²) in [6, 6.07) is 0.558. The van der Waals surface area contributed by atoms with Crippen LogP contribution in [-0.2, 0) is 10.0 Å². The molecule has 88 valence electrons. The Bertz CT molecular complexity index is 330. The van der Waals surface area contributed by atoms with Gasteiger partial charge in [-0.15, -0.1) is 0 Å². The van der Waals surface area contributed by atoms with Gasteiger partial charge in [0.25, 0.3) is 0 Å². The molecule has 2 heterocycles. The fourth-order valence-electron chi connectivity index (χ4n) is 2.63. The fourth-order valence-corrected chi connectivity index (χ4v) is 3.48. The minimum Gasteiger partial charge on any atom is -0.395 e. The Morgan fingerprint density at radius 2 is 2.07 bits per heavy atom. The molecule has 2 fully saturated rings. The summed E-state index contributed by atoms with van der Waals surface area (Å²) < 4.78 is 24.3. The SMILES string of the molecule is CS(=O)(=O)N1CCN2[C@H](CC[C@@H]2CO)C1. The van der Waals surface area contributed by atoms with Gasteiger partial charge in [0.15, 0.2) is 0 Å². The van der Waals surface area contributed by atoms with Crippen LogP contribution in [-0.4, -0.2) is 67.3 Å². The number of hydrogen-bond donors (Lipinski definition) is 1. The summed E-state index contributed by atoms with van der Waals surface area (Å²) in [5, 5.41) is 9.16. The van der Waals surface area contributed by atoms with Crippen LogP contribution < -0.4 is 0 Å².